The van der Waals surface area contributed by atoms with E-state index in [1.54, 1.807) is 38.3 Å². The van der Waals surface area contributed by atoms with Gasteiger partial charge in [0.2, 0.25) is 5.43 Å². The minimum absolute atomic E-state index is 0.134. The number of methoxy groups -OCH3 is 1. The van der Waals surface area contributed by atoms with Crippen LogP contribution in [-0.2, 0) is 0 Å². The van der Waals surface area contributed by atoms with E-state index in [1.165, 1.54) is 0 Å². The van der Waals surface area contributed by atoms with E-state index in [-0.39, 0.29) is 5.75 Å². The van der Waals surface area contributed by atoms with Crippen molar-refractivity contribution in [1.82, 2.24) is 0 Å². The summed E-state index contributed by atoms with van der Waals surface area (Å²) >= 11 is 0. The topological polar surface area (TPSA) is 52.6 Å². The van der Waals surface area contributed by atoms with Gasteiger partial charge in [0.15, 0.2) is 5.75 Å². The summed E-state index contributed by atoms with van der Waals surface area (Å²) in [5.74, 6) is 1.35. The summed E-state index contributed by atoms with van der Waals surface area (Å²) in [6, 6.07) is 6.79. The molecule has 0 aliphatic rings. The number of benzene rings is 1. The molecule has 0 aromatic heterocycles. The summed E-state index contributed by atoms with van der Waals surface area (Å²) in [6.45, 7) is 1.57. The third-order valence-electron chi connectivity index (χ3n) is 2.37. The Balaban J connectivity index is 2.22. The minimum atomic E-state index is -0.562. The first kappa shape index (κ1) is 10.4. The van der Waals surface area contributed by atoms with E-state index >= 15 is 0 Å². The zero-order chi connectivity index (χ0) is 11.7. The van der Waals surface area contributed by atoms with Gasteiger partial charge >= 0.3 is 0 Å². The lowest BCUT2D eigenvalue weighted by molar-refractivity contribution is 0.412. The molecule has 0 unspecified atom stereocenters. The Morgan fingerprint density at radius 1 is 0.938 bits per heavy atom. The summed E-state index contributed by atoms with van der Waals surface area (Å²) in [7, 11) is 1.57. The van der Waals surface area contributed by atoms with Gasteiger partial charge in [-0.05, 0) is 31.2 Å². The van der Waals surface area contributed by atoms with Crippen LogP contribution in [0.25, 0.3) is 0 Å². The molecule has 0 N–H and O–H groups in total. The van der Waals surface area contributed by atoms with Crippen LogP contribution in [-0.4, -0.2) is 7.11 Å². The average molecular weight is 218 g/mol. The molecule has 0 saturated heterocycles. The second kappa shape index (κ2) is 3.81. The number of hydrogen-bond donors (Lipinski definition) is 0. The van der Waals surface area contributed by atoms with Crippen molar-refractivity contribution in [2.24, 2.45) is 0 Å². The van der Waals surface area contributed by atoms with Crippen LogP contribution in [0, 0.1) is 6.92 Å². The lowest BCUT2D eigenvalue weighted by atomic mass is 10.1. The van der Waals surface area contributed by atoms with Crippen molar-refractivity contribution in [1.29, 1.82) is 0 Å². The zero-order valence-corrected chi connectivity index (χ0v) is 8.94. The van der Waals surface area contributed by atoms with Gasteiger partial charge in [0.1, 0.15) is 11.5 Å². The molecule has 0 spiro atoms. The van der Waals surface area contributed by atoms with Gasteiger partial charge in [-0.2, -0.15) is 0 Å². The molecule has 0 amide bonds. The Morgan fingerprint density at radius 3 is 2.00 bits per heavy atom. The Labute approximate surface area is 91.7 Å². The van der Waals surface area contributed by atoms with Crippen LogP contribution in [0.2, 0.25) is 0 Å². The Morgan fingerprint density at radius 2 is 1.50 bits per heavy atom. The third kappa shape index (κ3) is 1.58. The van der Waals surface area contributed by atoms with Crippen molar-refractivity contribution >= 4 is 0 Å². The highest BCUT2D eigenvalue weighted by Crippen LogP contribution is 2.23. The number of ether oxygens (including phenoxy) is 2. The fourth-order valence-electron chi connectivity index (χ4n) is 1.37. The van der Waals surface area contributed by atoms with Crippen LogP contribution < -0.4 is 20.3 Å². The average Bonchev–Trinajstić information content (AvgIpc) is 2.35. The second-order valence-electron chi connectivity index (χ2n) is 3.39. The summed E-state index contributed by atoms with van der Waals surface area (Å²) < 4.78 is 10.3. The molecule has 0 atom stereocenters. The van der Waals surface area contributed by atoms with E-state index in [2.05, 4.69) is 0 Å². The Kier molecular flexibility index (Phi) is 2.48. The first-order valence-electron chi connectivity index (χ1n) is 4.75. The molecule has 0 bridgehead atoms. The van der Waals surface area contributed by atoms with E-state index < -0.39 is 10.9 Å². The minimum Gasteiger partial charge on any atom is -0.497 e. The van der Waals surface area contributed by atoms with Gasteiger partial charge in [-0.25, -0.2) is 0 Å². The SMILES string of the molecule is COc1ccc(Oc2c(C)c(=O)c2=O)cc1. The monoisotopic (exact) mass is 218 g/mol. The maximum Gasteiger partial charge on any atom is 0.268 e. The highest BCUT2D eigenvalue weighted by Gasteiger charge is 2.18. The van der Waals surface area contributed by atoms with Crippen molar-refractivity contribution in [3.05, 3.63) is 50.3 Å². The van der Waals surface area contributed by atoms with Crippen molar-refractivity contribution < 1.29 is 9.47 Å². The van der Waals surface area contributed by atoms with Crippen LogP contribution in [0.4, 0.5) is 0 Å². The summed E-state index contributed by atoms with van der Waals surface area (Å²) in [6.07, 6.45) is 0. The van der Waals surface area contributed by atoms with E-state index in [0.29, 0.717) is 17.1 Å². The van der Waals surface area contributed by atoms with E-state index in [1.807, 2.05) is 0 Å². The van der Waals surface area contributed by atoms with Crippen LogP contribution in [0.3, 0.4) is 0 Å². The quantitative estimate of drug-likeness (QED) is 0.730. The lowest BCUT2D eigenvalue weighted by Gasteiger charge is -2.09. The van der Waals surface area contributed by atoms with Crippen molar-refractivity contribution in [2.75, 3.05) is 7.11 Å². The summed E-state index contributed by atoms with van der Waals surface area (Å²) in [4.78, 5) is 22.1. The van der Waals surface area contributed by atoms with Gasteiger partial charge in [-0.3, -0.25) is 9.59 Å². The van der Waals surface area contributed by atoms with E-state index in [9.17, 15) is 9.59 Å². The van der Waals surface area contributed by atoms with Crippen molar-refractivity contribution in [3.63, 3.8) is 0 Å². The van der Waals surface area contributed by atoms with Gasteiger partial charge in [0, 0.05) is 5.56 Å². The molecule has 2 rings (SSSR count). The Hall–Kier alpha value is -2.10. The maximum atomic E-state index is 11.1. The largest absolute Gasteiger partial charge is 0.497 e. The Bertz CT molecular complexity index is 574. The molecule has 2 aromatic rings. The van der Waals surface area contributed by atoms with E-state index in [0.717, 1.165) is 0 Å². The molecule has 0 radical (unpaired) electrons. The van der Waals surface area contributed by atoms with Crippen molar-refractivity contribution in [3.8, 4) is 17.2 Å². The molecule has 0 aliphatic heterocycles. The summed E-state index contributed by atoms with van der Waals surface area (Å²) in [5.41, 5.74) is -0.655. The van der Waals surface area contributed by atoms with Crippen molar-refractivity contribution in [2.45, 2.75) is 6.92 Å². The first-order valence-corrected chi connectivity index (χ1v) is 4.75. The summed E-state index contributed by atoms with van der Waals surface area (Å²) in [5, 5.41) is 0. The number of rotatable bonds is 3. The highest BCUT2D eigenvalue weighted by atomic mass is 16.5. The predicted octanol–water partition coefficient (Wildman–Crippen LogP) is 1.39. The predicted molar refractivity (Wildman–Crippen MR) is 59.2 cm³/mol. The molecule has 0 heterocycles. The van der Waals surface area contributed by atoms with Gasteiger partial charge < -0.3 is 9.47 Å². The molecular weight excluding hydrogens is 208 g/mol. The zero-order valence-electron chi connectivity index (χ0n) is 8.94. The lowest BCUT2D eigenvalue weighted by Crippen LogP contribution is -2.34. The molecule has 2 aromatic carbocycles. The smallest absolute Gasteiger partial charge is 0.268 e. The molecule has 0 fully saturated rings. The van der Waals surface area contributed by atoms with Gasteiger partial charge in [-0.15, -0.1) is 0 Å². The highest BCUT2D eigenvalue weighted by molar-refractivity contribution is 5.42. The molecule has 4 nitrogen and oxygen atoms in total. The number of hydrogen-bond acceptors (Lipinski definition) is 4. The fourth-order valence-corrected chi connectivity index (χ4v) is 1.37. The van der Waals surface area contributed by atoms with Crippen LogP contribution in [0.15, 0.2) is 33.9 Å². The normalized spacial score (nSPS) is 10.4. The van der Waals surface area contributed by atoms with E-state index in [4.69, 9.17) is 9.47 Å². The van der Waals surface area contributed by atoms with Crippen LogP contribution in [0.1, 0.15) is 5.56 Å². The van der Waals surface area contributed by atoms with Gasteiger partial charge in [0.25, 0.3) is 5.43 Å². The molecule has 82 valence electrons. The van der Waals surface area contributed by atoms with Gasteiger partial charge in [-0.1, -0.05) is 0 Å². The third-order valence-corrected chi connectivity index (χ3v) is 2.37. The van der Waals surface area contributed by atoms with Gasteiger partial charge in [0.05, 0.1) is 7.11 Å². The second-order valence-corrected chi connectivity index (χ2v) is 3.39. The maximum absolute atomic E-state index is 11.1. The molecule has 0 saturated carbocycles. The first-order chi connectivity index (χ1) is 7.63. The van der Waals surface area contributed by atoms with Crippen LogP contribution >= 0.6 is 0 Å². The molecular formula is C12H10O4. The van der Waals surface area contributed by atoms with Crippen LogP contribution in [0.5, 0.6) is 17.2 Å². The fraction of sp³-hybridized carbons (Fsp3) is 0.167. The molecule has 0 aliphatic carbocycles. The molecule has 4 heteroatoms. The molecule has 16 heavy (non-hydrogen) atoms. The standard InChI is InChI=1S/C12H10O4/c1-7-10(13)11(14)12(7)16-9-5-3-8(15-2)4-6-9/h3-6H,1-2H3.